The standard InChI is InChI=1S/C18H13Cl2NO3/c1-10-2-5-16-12(6-10)7-14(18(23)24-16)17(22)21-9-11-3-4-13(19)8-15(11)20/h2-8H,9H2,1H3,(H,21,22). The van der Waals surface area contributed by atoms with E-state index in [1.165, 1.54) is 6.07 Å². The highest BCUT2D eigenvalue weighted by Gasteiger charge is 2.14. The summed E-state index contributed by atoms with van der Waals surface area (Å²) in [6, 6.07) is 11.9. The summed E-state index contributed by atoms with van der Waals surface area (Å²) in [5, 5.41) is 4.33. The number of aryl methyl sites for hydroxylation is 1. The van der Waals surface area contributed by atoms with Crippen molar-refractivity contribution in [3.63, 3.8) is 0 Å². The Balaban J connectivity index is 1.85. The fourth-order valence-corrected chi connectivity index (χ4v) is 2.81. The van der Waals surface area contributed by atoms with Gasteiger partial charge in [0.05, 0.1) is 0 Å². The third-order valence-corrected chi connectivity index (χ3v) is 4.17. The van der Waals surface area contributed by atoms with Crippen LogP contribution in [0.3, 0.4) is 0 Å². The van der Waals surface area contributed by atoms with Crippen LogP contribution in [0.2, 0.25) is 10.0 Å². The van der Waals surface area contributed by atoms with Crippen molar-refractivity contribution >= 4 is 40.1 Å². The van der Waals surface area contributed by atoms with Gasteiger partial charge in [0.1, 0.15) is 11.1 Å². The molecule has 3 aromatic rings. The number of fused-ring (bicyclic) bond motifs is 1. The lowest BCUT2D eigenvalue weighted by molar-refractivity contribution is 0.0947. The minimum absolute atomic E-state index is 0.0433. The minimum Gasteiger partial charge on any atom is -0.422 e. The van der Waals surface area contributed by atoms with Gasteiger partial charge in [-0.05, 0) is 42.8 Å². The number of nitrogens with one attached hydrogen (secondary N) is 1. The quantitative estimate of drug-likeness (QED) is 0.706. The van der Waals surface area contributed by atoms with Gasteiger partial charge in [-0.1, -0.05) is 40.9 Å². The van der Waals surface area contributed by atoms with Gasteiger partial charge in [0, 0.05) is 22.0 Å². The van der Waals surface area contributed by atoms with E-state index in [1.807, 2.05) is 19.1 Å². The molecule has 0 aliphatic rings. The molecule has 0 fully saturated rings. The summed E-state index contributed by atoms with van der Waals surface area (Å²) in [5.41, 5.74) is 1.44. The minimum atomic E-state index is -0.675. The first-order valence-corrected chi connectivity index (χ1v) is 7.96. The first-order valence-electron chi connectivity index (χ1n) is 7.20. The Morgan fingerprint density at radius 3 is 2.67 bits per heavy atom. The number of hydrogen-bond donors (Lipinski definition) is 1. The van der Waals surface area contributed by atoms with Gasteiger partial charge in [0.25, 0.3) is 5.91 Å². The second-order valence-electron chi connectivity index (χ2n) is 5.41. The number of hydrogen-bond acceptors (Lipinski definition) is 3. The third-order valence-electron chi connectivity index (χ3n) is 3.59. The average molecular weight is 362 g/mol. The number of carbonyl (C=O) groups is 1. The molecule has 6 heteroatoms. The van der Waals surface area contributed by atoms with Crippen molar-refractivity contribution in [1.29, 1.82) is 0 Å². The maximum atomic E-state index is 12.3. The first-order chi connectivity index (χ1) is 11.4. The summed E-state index contributed by atoms with van der Waals surface area (Å²) in [6.45, 7) is 2.10. The summed E-state index contributed by atoms with van der Waals surface area (Å²) in [7, 11) is 0. The molecular weight excluding hydrogens is 349 g/mol. The predicted octanol–water partition coefficient (Wildman–Crippen LogP) is 4.34. The van der Waals surface area contributed by atoms with E-state index in [-0.39, 0.29) is 12.1 Å². The molecule has 0 atom stereocenters. The average Bonchev–Trinajstić information content (AvgIpc) is 2.53. The lowest BCUT2D eigenvalue weighted by atomic mass is 10.1. The normalized spacial score (nSPS) is 10.8. The van der Waals surface area contributed by atoms with Crippen LogP contribution in [-0.2, 0) is 6.54 Å². The number of benzene rings is 2. The van der Waals surface area contributed by atoms with E-state index >= 15 is 0 Å². The Kier molecular flexibility index (Phi) is 4.60. The van der Waals surface area contributed by atoms with E-state index in [0.29, 0.717) is 26.6 Å². The highest BCUT2D eigenvalue weighted by Crippen LogP contribution is 2.21. The molecule has 122 valence electrons. The molecule has 1 heterocycles. The molecule has 0 unspecified atom stereocenters. The second kappa shape index (κ2) is 6.67. The molecule has 0 bridgehead atoms. The van der Waals surface area contributed by atoms with Gasteiger partial charge in [-0.2, -0.15) is 0 Å². The smallest absolute Gasteiger partial charge is 0.349 e. The van der Waals surface area contributed by atoms with Gasteiger partial charge >= 0.3 is 5.63 Å². The van der Waals surface area contributed by atoms with Crippen molar-refractivity contribution in [1.82, 2.24) is 5.32 Å². The molecule has 0 spiro atoms. The Hall–Kier alpha value is -2.30. The Bertz CT molecular complexity index is 995. The molecule has 4 nitrogen and oxygen atoms in total. The Morgan fingerprint density at radius 2 is 1.92 bits per heavy atom. The summed E-state index contributed by atoms with van der Waals surface area (Å²) >= 11 is 11.9. The van der Waals surface area contributed by atoms with Gasteiger partial charge in [0.15, 0.2) is 0 Å². The molecule has 0 aliphatic heterocycles. The van der Waals surface area contributed by atoms with Crippen LogP contribution in [0.5, 0.6) is 0 Å². The number of carbonyl (C=O) groups excluding carboxylic acids is 1. The van der Waals surface area contributed by atoms with Crippen molar-refractivity contribution in [3.8, 4) is 0 Å². The molecular formula is C18H13Cl2NO3. The topological polar surface area (TPSA) is 59.3 Å². The maximum Gasteiger partial charge on any atom is 0.349 e. The van der Waals surface area contributed by atoms with Crippen molar-refractivity contribution in [2.24, 2.45) is 0 Å². The monoisotopic (exact) mass is 361 g/mol. The number of amides is 1. The largest absolute Gasteiger partial charge is 0.422 e. The molecule has 0 saturated carbocycles. The van der Waals surface area contributed by atoms with E-state index < -0.39 is 11.5 Å². The first kappa shape index (κ1) is 16.6. The summed E-state index contributed by atoms with van der Waals surface area (Å²) in [5.74, 6) is -0.516. The van der Waals surface area contributed by atoms with Crippen LogP contribution in [0, 0.1) is 6.92 Å². The van der Waals surface area contributed by atoms with Crippen molar-refractivity contribution in [2.45, 2.75) is 13.5 Å². The molecule has 24 heavy (non-hydrogen) atoms. The summed E-state index contributed by atoms with van der Waals surface area (Å²) < 4.78 is 5.20. The van der Waals surface area contributed by atoms with Gasteiger partial charge in [-0.25, -0.2) is 4.79 Å². The molecule has 0 radical (unpaired) electrons. The van der Waals surface area contributed by atoms with E-state index in [4.69, 9.17) is 27.6 Å². The molecule has 3 rings (SSSR count). The van der Waals surface area contributed by atoms with E-state index in [0.717, 1.165) is 5.56 Å². The fraction of sp³-hybridized carbons (Fsp3) is 0.111. The predicted molar refractivity (Wildman–Crippen MR) is 94.9 cm³/mol. The highest BCUT2D eigenvalue weighted by molar-refractivity contribution is 6.35. The molecule has 0 saturated heterocycles. The van der Waals surface area contributed by atoms with Crippen molar-refractivity contribution in [2.75, 3.05) is 0 Å². The van der Waals surface area contributed by atoms with Crippen LogP contribution in [0.25, 0.3) is 11.0 Å². The van der Waals surface area contributed by atoms with Gasteiger partial charge in [0.2, 0.25) is 0 Å². The Labute approximate surface area is 148 Å². The highest BCUT2D eigenvalue weighted by atomic mass is 35.5. The SMILES string of the molecule is Cc1ccc2oc(=O)c(C(=O)NCc3ccc(Cl)cc3Cl)cc2c1. The van der Waals surface area contributed by atoms with Crippen LogP contribution in [-0.4, -0.2) is 5.91 Å². The van der Waals surface area contributed by atoms with Gasteiger partial charge < -0.3 is 9.73 Å². The summed E-state index contributed by atoms with van der Waals surface area (Å²) in [4.78, 5) is 24.3. The molecule has 1 N–H and O–H groups in total. The van der Waals surface area contributed by atoms with Crippen LogP contribution in [0.4, 0.5) is 0 Å². The molecule has 1 amide bonds. The van der Waals surface area contributed by atoms with E-state index in [2.05, 4.69) is 5.32 Å². The molecule has 2 aromatic carbocycles. The van der Waals surface area contributed by atoms with Crippen molar-refractivity contribution in [3.05, 3.63) is 79.6 Å². The van der Waals surface area contributed by atoms with Gasteiger partial charge in [-0.15, -0.1) is 0 Å². The summed E-state index contributed by atoms with van der Waals surface area (Å²) in [6.07, 6.45) is 0. The second-order valence-corrected chi connectivity index (χ2v) is 6.25. The van der Waals surface area contributed by atoms with E-state index in [9.17, 15) is 9.59 Å². The van der Waals surface area contributed by atoms with Crippen LogP contribution in [0.15, 0.2) is 51.7 Å². The van der Waals surface area contributed by atoms with Crippen molar-refractivity contribution < 1.29 is 9.21 Å². The molecule has 0 aliphatic carbocycles. The van der Waals surface area contributed by atoms with Gasteiger partial charge in [-0.3, -0.25) is 4.79 Å². The zero-order valence-electron chi connectivity index (χ0n) is 12.7. The zero-order chi connectivity index (χ0) is 17.3. The fourth-order valence-electron chi connectivity index (χ4n) is 2.34. The molecule has 1 aromatic heterocycles. The Morgan fingerprint density at radius 1 is 1.12 bits per heavy atom. The van der Waals surface area contributed by atoms with Crippen LogP contribution >= 0.6 is 23.2 Å². The number of rotatable bonds is 3. The van der Waals surface area contributed by atoms with E-state index in [1.54, 1.807) is 24.3 Å². The zero-order valence-corrected chi connectivity index (χ0v) is 14.2. The third kappa shape index (κ3) is 3.45. The van der Waals surface area contributed by atoms with Crippen LogP contribution < -0.4 is 10.9 Å². The lowest BCUT2D eigenvalue weighted by Gasteiger charge is -2.07. The van der Waals surface area contributed by atoms with Crippen LogP contribution in [0.1, 0.15) is 21.5 Å². The lowest BCUT2D eigenvalue weighted by Crippen LogP contribution is -2.27. The number of halogens is 2. The maximum absolute atomic E-state index is 12.3.